The predicted molar refractivity (Wildman–Crippen MR) is 173 cm³/mol. The normalized spacial score (nSPS) is 16.7. The van der Waals surface area contributed by atoms with Crippen LogP contribution >= 0.6 is 0 Å². The molecule has 10 nitrogen and oxygen atoms in total. The molecule has 0 saturated heterocycles. The van der Waals surface area contributed by atoms with Crippen molar-refractivity contribution in [1.29, 1.82) is 0 Å². The second kappa shape index (κ2) is 13.6. The molecule has 10 heteroatoms. The summed E-state index contributed by atoms with van der Waals surface area (Å²) in [5.74, 6) is -0.258. The zero-order valence-electron chi connectivity index (χ0n) is 27.3. The Morgan fingerprint density at radius 2 is 1.73 bits per heavy atom. The van der Waals surface area contributed by atoms with Crippen LogP contribution in [0.1, 0.15) is 91.8 Å². The number of rotatable bonds is 8. The standard InChI is InChI=1S/C34H46N6O4/c1-9-40(26-12-10-25(11-13-26)39-33(43)44-34(6,7)8)30-16-24(29-19-35-22(4)17-36-29)15-27(23(30)5)31(41)37-18-28-20(2)14-21(3)38-32(28)42/h14-17,19,25-26H,9-13,18H2,1-8H3,(H,37,41)(H,38,42)(H,39,43). The van der Waals surface area contributed by atoms with Crippen LogP contribution in [0.25, 0.3) is 11.3 Å². The van der Waals surface area contributed by atoms with Gasteiger partial charge in [-0.2, -0.15) is 0 Å². The number of pyridine rings is 1. The van der Waals surface area contributed by atoms with Gasteiger partial charge in [0, 0.05) is 59.4 Å². The third-order valence-corrected chi connectivity index (χ3v) is 8.13. The smallest absolute Gasteiger partial charge is 0.407 e. The molecule has 2 amide bonds. The summed E-state index contributed by atoms with van der Waals surface area (Å²) in [6.07, 6.45) is 6.51. The van der Waals surface area contributed by atoms with Gasteiger partial charge in [-0.25, -0.2) is 4.79 Å². The van der Waals surface area contributed by atoms with E-state index in [0.717, 1.165) is 66.0 Å². The summed E-state index contributed by atoms with van der Waals surface area (Å²) in [7, 11) is 0. The number of hydrogen-bond acceptors (Lipinski definition) is 7. The number of carbonyl (C=O) groups is 2. The van der Waals surface area contributed by atoms with Crippen LogP contribution in [-0.4, -0.2) is 51.2 Å². The molecule has 44 heavy (non-hydrogen) atoms. The number of benzene rings is 1. The molecular formula is C34H46N6O4. The first kappa shape index (κ1) is 32.7. The minimum atomic E-state index is -0.538. The first-order valence-corrected chi connectivity index (χ1v) is 15.4. The molecule has 0 unspecified atom stereocenters. The van der Waals surface area contributed by atoms with E-state index in [0.29, 0.717) is 16.8 Å². The van der Waals surface area contributed by atoms with Crippen LogP contribution in [-0.2, 0) is 11.3 Å². The van der Waals surface area contributed by atoms with Gasteiger partial charge >= 0.3 is 6.09 Å². The Balaban J connectivity index is 1.61. The van der Waals surface area contributed by atoms with Gasteiger partial charge in [-0.15, -0.1) is 0 Å². The molecule has 3 N–H and O–H groups in total. The Morgan fingerprint density at radius 1 is 1.02 bits per heavy atom. The second-order valence-corrected chi connectivity index (χ2v) is 12.8. The topological polar surface area (TPSA) is 129 Å². The highest BCUT2D eigenvalue weighted by Gasteiger charge is 2.29. The number of hydrogen-bond donors (Lipinski definition) is 3. The maximum absolute atomic E-state index is 13.7. The highest BCUT2D eigenvalue weighted by molar-refractivity contribution is 5.98. The fourth-order valence-corrected chi connectivity index (χ4v) is 5.92. The van der Waals surface area contributed by atoms with Gasteiger partial charge in [0.1, 0.15) is 5.60 Å². The number of aromatic amines is 1. The minimum Gasteiger partial charge on any atom is -0.444 e. The van der Waals surface area contributed by atoms with E-state index in [2.05, 4.69) is 43.5 Å². The van der Waals surface area contributed by atoms with Crippen molar-refractivity contribution in [2.75, 3.05) is 11.4 Å². The molecule has 0 radical (unpaired) electrons. The molecule has 0 spiro atoms. The third-order valence-electron chi connectivity index (χ3n) is 8.13. The lowest BCUT2D eigenvalue weighted by Gasteiger charge is -2.39. The van der Waals surface area contributed by atoms with Crippen molar-refractivity contribution < 1.29 is 14.3 Å². The van der Waals surface area contributed by atoms with Gasteiger partial charge < -0.3 is 25.3 Å². The van der Waals surface area contributed by atoms with Crippen LogP contribution in [0, 0.1) is 27.7 Å². The summed E-state index contributed by atoms with van der Waals surface area (Å²) in [6, 6.07) is 6.15. The Kier molecular flexibility index (Phi) is 10.1. The van der Waals surface area contributed by atoms with E-state index in [1.165, 1.54) is 0 Å². The maximum atomic E-state index is 13.7. The molecule has 1 aromatic carbocycles. The molecule has 1 aliphatic carbocycles. The molecule has 0 bridgehead atoms. The Labute approximate surface area is 260 Å². The highest BCUT2D eigenvalue weighted by Crippen LogP contribution is 2.35. The first-order chi connectivity index (χ1) is 20.8. The summed E-state index contributed by atoms with van der Waals surface area (Å²) in [6.45, 7) is 16.1. The van der Waals surface area contributed by atoms with Gasteiger partial charge in [-0.1, -0.05) is 0 Å². The lowest BCUT2D eigenvalue weighted by molar-refractivity contribution is 0.0491. The molecule has 3 aromatic rings. The Morgan fingerprint density at radius 3 is 2.32 bits per heavy atom. The van der Waals surface area contributed by atoms with Gasteiger partial charge in [-0.3, -0.25) is 19.6 Å². The van der Waals surface area contributed by atoms with Crippen molar-refractivity contribution >= 4 is 17.7 Å². The zero-order chi connectivity index (χ0) is 32.2. The molecule has 4 rings (SSSR count). The number of nitrogens with zero attached hydrogens (tertiary/aromatic N) is 3. The highest BCUT2D eigenvalue weighted by atomic mass is 16.6. The lowest BCUT2D eigenvalue weighted by Crippen LogP contribution is -2.45. The average molecular weight is 603 g/mol. The van der Waals surface area contributed by atoms with E-state index in [4.69, 9.17) is 4.74 Å². The molecule has 0 aliphatic heterocycles. The number of H-pyrrole nitrogens is 1. The van der Waals surface area contributed by atoms with Crippen molar-refractivity contribution in [3.8, 4) is 11.3 Å². The molecule has 1 fully saturated rings. The van der Waals surface area contributed by atoms with Crippen LogP contribution in [0.2, 0.25) is 0 Å². The van der Waals surface area contributed by atoms with E-state index >= 15 is 0 Å². The molecule has 0 atom stereocenters. The lowest BCUT2D eigenvalue weighted by atomic mass is 9.89. The van der Waals surface area contributed by atoms with Gasteiger partial charge in [0.05, 0.1) is 17.6 Å². The summed E-state index contributed by atoms with van der Waals surface area (Å²) in [5.41, 5.74) is 6.05. The number of amides is 2. The summed E-state index contributed by atoms with van der Waals surface area (Å²) in [5, 5.41) is 6.01. The van der Waals surface area contributed by atoms with Crippen LogP contribution in [0.3, 0.4) is 0 Å². The van der Waals surface area contributed by atoms with E-state index in [-0.39, 0.29) is 36.2 Å². The number of anilines is 1. The monoisotopic (exact) mass is 602 g/mol. The summed E-state index contributed by atoms with van der Waals surface area (Å²) in [4.78, 5) is 52.9. The quantitative estimate of drug-likeness (QED) is 0.304. The van der Waals surface area contributed by atoms with Crippen molar-refractivity contribution in [2.45, 2.75) is 105 Å². The fraction of sp³-hybridized carbons (Fsp3) is 0.500. The maximum Gasteiger partial charge on any atom is 0.407 e. The van der Waals surface area contributed by atoms with Crippen LogP contribution in [0.5, 0.6) is 0 Å². The van der Waals surface area contributed by atoms with E-state index in [1.54, 1.807) is 12.4 Å². The number of alkyl carbamates (subject to hydrolysis) is 1. The van der Waals surface area contributed by atoms with E-state index < -0.39 is 5.60 Å². The Hall–Kier alpha value is -4.21. The van der Waals surface area contributed by atoms with Gasteiger partial charge in [0.25, 0.3) is 11.5 Å². The number of aryl methyl sites for hydroxylation is 3. The van der Waals surface area contributed by atoms with Gasteiger partial charge in [0.2, 0.25) is 0 Å². The van der Waals surface area contributed by atoms with Crippen LogP contribution in [0.4, 0.5) is 10.5 Å². The zero-order valence-corrected chi connectivity index (χ0v) is 27.3. The van der Waals surface area contributed by atoms with E-state index in [9.17, 15) is 14.4 Å². The molecule has 1 saturated carbocycles. The average Bonchev–Trinajstić information content (AvgIpc) is 2.94. The van der Waals surface area contributed by atoms with Crippen LogP contribution in [0.15, 0.2) is 35.4 Å². The molecule has 2 aromatic heterocycles. The fourth-order valence-electron chi connectivity index (χ4n) is 5.92. The molecule has 2 heterocycles. The number of nitrogens with one attached hydrogen (secondary N) is 3. The van der Waals surface area contributed by atoms with Crippen molar-refractivity contribution in [3.05, 3.63) is 74.6 Å². The van der Waals surface area contributed by atoms with E-state index in [1.807, 2.05) is 60.6 Å². The number of carbonyl (C=O) groups excluding carboxylic acids is 2. The summed E-state index contributed by atoms with van der Waals surface area (Å²) >= 11 is 0. The molecule has 1 aliphatic rings. The SMILES string of the molecule is CCN(c1cc(-c2cnc(C)cn2)cc(C(=O)NCc2c(C)cc(C)[nH]c2=O)c1C)C1CCC(NC(=O)OC(C)(C)C)CC1. The van der Waals surface area contributed by atoms with Crippen molar-refractivity contribution in [2.24, 2.45) is 0 Å². The van der Waals surface area contributed by atoms with Crippen LogP contribution < -0.4 is 21.1 Å². The minimum absolute atomic E-state index is 0.0600. The number of ether oxygens (including phenoxy) is 1. The third kappa shape index (κ3) is 8.03. The van der Waals surface area contributed by atoms with Gasteiger partial charge in [-0.05, 0) is 110 Å². The summed E-state index contributed by atoms with van der Waals surface area (Å²) < 4.78 is 5.46. The van der Waals surface area contributed by atoms with Gasteiger partial charge in [0.15, 0.2) is 0 Å². The first-order valence-electron chi connectivity index (χ1n) is 15.4. The molecular weight excluding hydrogens is 556 g/mol. The second-order valence-electron chi connectivity index (χ2n) is 12.8. The molecule has 236 valence electrons. The largest absolute Gasteiger partial charge is 0.444 e. The van der Waals surface area contributed by atoms with Crippen molar-refractivity contribution in [1.82, 2.24) is 25.6 Å². The predicted octanol–water partition coefficient (Wildman–Crippen LogP) is 5.66. The number of aromatic nitrogens is 3. The Bertz CT molecular complexity index is 1550. The van der Waals surface area contributed by atoms with Crippen molar-refractivity contribution in [3.63, 3.8) is 0 Å².